The Bertz CT molecular complexity index is 804. The van der Waals surface area contributed by atoms with Crippen molar-refractivity contribution < 1.29 is 22.9 Å². The number of pyridine rings is 1. The first kappa shape index (κ1) is 16.0. The average molecular weight is 335 g/mol. The van der Waals surface area contributed by atoms with Gasteiger partial charge in [-0.25, -0.2) is 15.3 Å². The van der Waals surface area contributed by atoms with Gasteiger partial charge in [0.1, 0.15) is 5.84 Å². The molecular weight excluding hydrogens is 321 g/mol. The molecule has 1 aromatic heterocycles. The van der Waals surface area contributed by atoms with Crippen molar-refractivity contribution in [3.8, 4) is 0 Å². The Labute approximate surface area is 135 Å². The van der Waals surface area contributed by atoms with Crippen LogP contribution < -0.4 is 15.6 Å². The van der Waals surface area contributed by atoms with Crippen molar-refractivity contribution in [3.63, 3.8) is 0 Å². The Balaban J connectivity index is 2.06. The lowest BCUT2D eigenvalue weighted by molar-refractivity contribution is -0.372. The Morgan fingerprint density at radius 2 is 1.83 bits per heavy atom. The third kappa shape index (κ3) is 2.70. The number of hydrogen-bond acceptors (Lipinski definition) is 3. The van der Waals surface area contributed by atoms with Crippen molar-refractivity contribution in [3.05, 3.63) is 59.8 Å². The number of nitrogens with zero attached hydrogens (tertiary/aromatic N) is 1. The minimum absolute atomic E-state index is 0.0422. The van der Waals surface area contributed by atoms with E-state index in [1.807, 2.05) is 0 Å². The van der Waals surface area contributed by atoms with Crippen molar-refractivity contribution in [1.82, 2.24) is 5.32 Å². The number of benzene rings is 1. The molecule has 0 unspecified atom stereocenters. The largest absolute Gasteiger partial charge is 0.464 e. The quantitative estimate of drug-likeness (QED) is 0.901. The van der Waals surface area contributed by atoms with Crippen LogP contribution in [0.1, 0.15) is 11.3 Å². The van der Waals surface area contributed by atoms with Gasteiger partial charge in [0.05, 0.1) is 5.69 Å². The highest BCUT2D eigenvalue weighted by Crippen LogP contribution is 2.37. The molecule has 2 heterocycles. The second-order valence-electron chi connectivity index (χ2n) is 5.36. The van der Waals surface area contributed by atoms with E-state index in [-0.39, 0.29) is 11.7 Å². The number of nitrogens with one attached hydrogen (secondary N) is 3. The topological polar surface area (TPSA) is 67.6 Å². The maximum Gasteiger partial charge on any atom is 0.464 e. The van der Waals surface area contributed by atoms with Crippen LogP contribution in [0.5, 0.6) is 0 Å². The number of aryl methyl sites for hydroxylation is 1. The first-order valence-electron chi connectivity index (χ1n) is 7.12. The number of carbonyl (C=O) groups excluding carboxylic acids is 1. The van der Waals surface area contributed by atoms with Crippen LogP contribution in [0.4, 0.5) is 19.0 Å². The van der Waals surface area contributed by atoms with Gasteiger partial charge in [0.15, 0.2) is 0 Å². The molecule has 2 aromatic rings. The number of alkyl halides is 3. The molecule has 1 amide bonds. The molecule has 0 radical (unpaired) electrons. The van der Waals surface area contributed by atoms with E-state index in [4.69, 9.17) is 0 Å². The molecule has 1 atom stereocenters. The summed E-state index contributed by atoms with van der Waals surface area (Å²) in [6, 6.07) is 12.8. The summed E-state index contributed by atoms with van der Waals surface area (Å²) >= 11 is 0. The molecule has 1 aromatic carbocycles. The summed E-state index contributed by atoms with van der Waals surface area (Å²) < 4.78 is 41.1. The monoisotopic (exact) mass is 335 g/mol. The number of aliphatic imine (C=N–C) groups is 1. The van der Waals surface area contributed by atoms with Crippen LogP contribution in [0.25, 0.3) is 0 Å². The van der Waals surface area contributed by atoms with Gasteiger partial charge < -0.3 is 5.32 Å². The Kier molecular flexibility index (Phi) is 3.75. The van der Waals surface area contributed by atoms with E-state index in [1.54, 1.807) is 49.4 Å². The number of hydrogen-bond donors (Lipinski definition) is 2. The first-order valence-corrected chi connectivity index (χ1v) is 7.12. The number of halogens is 3. The van der Waals surface area contributed by atoms with Crippen LogP contribution in [0, 0.1) is 6.92 Å². The smallest absolute Gasteiger partial charge is 0.304 e. The maximum absolute atomic E-state index is 13.7. The minimum Gasteiger partial charge on any atom is -0.304 e. The zero-order chi connectivity index (χ0) is 17.4. The number of rotatable bonds is 3. The van der Waals surface area contributed by atoms with E-state index in [1.165, 1.54) is 6.07 Å². The molecule has 8 heteroatoms. The number of anilines is 1. The minimum atomic E-state index is -4.93. The van der Waals surface area contributed by atoms with Crippen molar-refractivity contribution in [1.29, 1.82) is 0 Å². The highest BCUT2D eigenvalue weighted by atomic mass is 19.4. The fourth-order valence-corrected chi connectivity index (χ4v) is 2.38. The Morgan fingerprint density at radius 3 is 2.46 bits per heavy atom. The summed E-state index contributed by atoms with van der Waals surface area (Å²) in [5.41, 5.74) is -2.04. The molecule has 0 bridgehead atoms. The number of H-pyrrole nitrogens is 1. The van der Waals surface area contributed by atoms with E-state index >= 15 is 0 Å². The number of aromatic nitrogens is 1. The molecule has 3 N–H and O–H groups in total. The van der Waals surface area contributed by atoms with Crippen LogP contribution in [-0.2, 0) is 4.79 Å². The van der Waals surface area contributed by atoms with Crippen LogP contribution in [0.15, 0.2) is 53.5 Å². The molecule has 0 saturated carbocycles. The second kappa shape index (κ2) is 5.63. The van der Waals surface area contributed by atoms with Crippen LogP contribution in [0.2, 0.25) is 0 Å². The molecular formula is C16H14F3N4O+. The summed E-state index contributed by atoms with van der Waals surface area (Å²) in [5.74, 6) is -1.36. The molecule has 0 fully saturated rings. The summed E-state index contributed by atoms with van der Waals surface area (Å²) in [6.07, 6.45) is -4.93. The molecule has 0 aliphatic carbocycles. The predicted molar refractivity (Wildman–Crippen MR) is 81.3 cm³/mol. The number of amidine groups is 1. The van der Waals surface area contributed by atoms with E-state index in [9.17, 15) is 18.0 Å². The van der Waals surface area contributed by atoms with E-state index in [2.05, 4.69) is 20.6 Å². The number of amides is 1. The number of aromatic amines is 1. The standard InChI is InChI=1S/C16H13F3N4O/c1-10-6-5-9-12(20-10)22-15(16(17,18)19)14(24)21-13(23-15)11-7-3-2-4-8-11/h2-9H,1H3,(H,20,22)(H,21,23,24)/p+1/t15-/m0/s1. The molecule has 0 saturated heterocycles. The van der Waals surface area contributed by atoms with Crippen LogP contribution in [0.3, 0.4) is 0 Å². The molecule has 3 rings (SSSR count). The lowest BCUT2D eigenvalue weighted by Crippen LogP contribution is -2.57. The summed E-state index contributed by atoms with van der Waals surface area (Å²) in [6.45, 7) is 1.69. The molecule has 24 heavy (non-hydrogen) atoms. The zero-order valence-electron chi connectivity index (χ0n) is 12.6. The molecule has 1 aliphatic heterocycles. The van der Waals surface area contributed by atoms with Gasteiger partial charge in [-0.3, -0.25) is 4.79 Å². The van der Waals surface area contributed by atoms with Gasteiger partial charge >= 0.3 is 17.7 Å². The first-order chi connectivity index (χ1) is 11.3. The van der Waals surface area contributed by atoms with Crippen LogP contribution in [-0.4, -0.2) is 23.6 Å². The van der Waals surface area contributed by atoms with Gasteiger partial charge in [0.2, 0.25) is 0 Å². The van der Waals surface area contributed by atoms with Crippen molar-refractivity contribution in [2.45, 2.75) is 18.8 Å². The Morgan fingerprint density at radius 1 is 1.12 bits per heavy atom. The SMILES string of the molecule is Cc1cccc(N[C@]2(C(F)(F)F)N=C(c3ccccc3)NC2=O)[nH+]1. The fraction of sp³-hybridized carbons (Fsp3) is 0.188. The normalized spacial score (nSPS) is 20.5. The number of carbonyl (C=O) groups is 1. The van der Waals surface area contributed by atoms with E-state index < -0.39 is 17.7 Å². The third-order valence-electron chi connectivity index (χ3n) is 3.55. The van der Waals surface area contributed by atoms with Crippen molar-refractivity contribution in [2.75, 3.05) is 5.32 Å². The highest BCUT2D eigenvalue weighted by molar-refractivity contribution is 6.16. The zero-order valence-corrected chi connectivity index (χ0v) is 12.6. The van der Waals surface area contributed by atoms with Gasteiger partial charge in [-0.1, -0.05) is 36.4 Å². The van der Waals surface area contributed by atoms with E-state index in [0.717, 1.165) is 0 Å². The van der Waals surface area contributed by atoms with Gasteiger partial charge in [-0.15, -0.1) is 0 Å². The van der Waals surface area contributed by atoms with Gasteiger partial charge in [-0.05, 0) is 13.0 Å². The predicted octanol–water partition coefficient (Wildman–Crippen LogP) is 2.06. The third-order valence-corrected chi connectivity index (χ3v) is 3.55. The van der Waals surface area contributed by atoms with Crippen molar-refractivity contribution >= 4 is 17.6 Å². The fourth-order valence-electron chi connectivity index (χ4n) is 2.38. The van der Waals surface area contributed by atoms with Gasteiger partial charge in [-0.2, -0.15) is 13.2 Å². The van der Waals surface area contributed by atoms with E-state index in [0.29, 0.717) is 11.3 Å². The molecule has 1 aliphatic rings. The van der Waals surface area contributed by atoms with Crippen LogP contribution >= 0.6 is 0 Å². The second-order valence-corrected chi connectivity index (χ2v) is 5.36. The summed E-state index contributed by atoms with van der Waals surface area (Å²) in [5, 5.41) is 4.42. The van der Waals surface area contributed by atoms with Gasteiger partial charge in [0, 0.05) is 11.6 Å². The molecule has 5 nitrogen and oxygen atoms in total. The average Bonchev–Trinajstić information content (AvgIpc) is 2.86. The summed E-state index contributed by atoms with van der Waals surface area (Å²) in [4.78, 5) is 18.6. The molecule has 0 spiro atoms. The highest BCUT2D eigenvalue weighted by Gasteiger charge is 2.68. The summed E-state index contributed by atoms with van der Waals surface area (Å²) in [7, 11) is 0. The van der Waals surface area contributed by atoms with Crippen molar-refractivity contribution in [2.24, 2.45) is 4.99 Å². The lowest BCUT2D eigenvalue weighted by atomic mass is 10.1. The lowest BCUT2D eigenvalue weighted by Gasteiger charge is -2.22. The van der Waals surface area contributed by atoms with Gasteiger partial charge in [0.25, 0.3) is 5.82 Å². The molecule has 124 valence electrons. The maximum atomic E-state index is 13.7. The Hall–Kier alpha value is -2.90.